The summed E-state index contributed by atoms with van der Waals surface area (Å²) in [6.45, 7) is 22.8. The molecule has 0 spiro atoms. The van der Waals surface area contributed by atoms with Crippen molar-refractivity contribution in [3.63, 3.8) is 0 Å². The molecule has 4 aromatic rings. The van der Waals surface area contributed by atoms with Gasteiger partial charge < -0.3 is 10.3 Å². The van der Waals surface area contributed by atoms with Crippen molar-refractivity contribution in [2.45, 2.75) is 67.7 Å². The van der Waals surface area contributed by atoms with Crippen LogP contribution < -0.4 is 5.32 Å². The standard InChI is InChI=1S/C31H35N5.2C2H6/c1-6-9-12-23(7-2)19-24-13-10-11-14-25(24)20-27-26(15-16-32-8-3)30(36-35-27)31-33-28-17-21(4)22(5)18-29(28)34-31;2*1-2/h6-14,17-18,32H,2-3,15-16,19-20H2,1,4-5H3,(H,33,34)(H,35,36);2*1-2H3/b9-6-,23-12+;;. The predicted octanol–water partition coefficient (Wildman–Crippen LogP) is 8.72. The number of hydrogen-bond acceptors (Lipinski definition) is 3. The number of rotatable bonds is 11. The molecule has 0 radical (unpaired) electrons. The highest BCUT2D eigenvalue weighted by Gasteiger charge is 2.19. The number of allylic oxidation sites excluding steroid dienone is 5. The Morgan fingerprint density at radius 2 is 1.70 bits per heavy atom. The Morgan fingerprint density at radius 1 is 1.00 bits per heavy atom. The summed E-state index contributed by atoms with van der Waals surface area (Å²) in [4.78, 5) is 8.38. The quantitative estimate of drug-likeness (QED) is 0.132. The van der Waals surface area contributed by atoms with E-state index in [0.29, 0.717) is 0 Å². The van der Waals surface area contributed by atoms with Crippen LogP contribution in [-0.2, 0) is 19.3 Å². The maximum Gasteiger partial charge on any atom is 0.159 e. The van der Waals surface area contributed by atoms with Crippen molar-refractivity contribution in [2.24, 2.45) is 0 Å². The third-order valence-corrected chi connectivity index (χ3v) is 6.58. The van der Waals surface area contributed by atoms with Gasteiger partial charge in [-0.3, -0.25) is 5.10 Å². The van der Waals surface area contributed by atoms with E-state index in [1.54, 1.807) is 6.20 Å². The highest BCUT2D eigenvalue weighted by molar-refractivity contribution is 5.81. The topological polar surface area (TPSA) is 69.4 Å². The number of nitrogens with zero attached hydrogens (tertiary/aromatic N) is 2. The Bertz CT molecular complexity index is 1390. The molecule has 0 aliphatic carbocycles. The molecule has 2 aromatic heterocycles. The van der Waals surface area contributed by atoms with Crippen molar-refractivity contribution in [1.82, 2.24) is 25.5 Å². The number of nitrogens with one attached hydrogen (secondary N) is 3. The maximum atomic E-state index is 4.89. The van der Waals surface area contributed by atoms with Crippen LogP contribution in [-0.4, -0.2) is 26.7 Å². The highest BCUT2D eigenvalue weighted by Crippen LogP contribution is 2.28. The second-order valence-electron chi connectivity index (χ2n) is 9.07. The molecule has 0 aliphatic heterocycles. The largest absolute Gasteiger partial charge is 0.391 e. The summed E-state index contributed by atoms with van der Waals surface area (Å²) in [5, 5.41) is 11.3. The fraction of sp³-hybridized carbons (Fsp3) is 0.314. The van der Waals surface area contributed by atoms with E-state index in [1.165, 1.54) is 33.4 Å². The van der Waals surface area contributed by atoms with Crippen LogP contribution in [0.5, 0.6) is 0 Å². The van der Waals surface area contributed by atoms with Crippen LogP contribution >= 0.6 is 0 Å². The third kappa shape index (κ3) is 8.19. The summed E-state index contributed by atoms with van der Waals surface area (Å²) >= 11 is 0. The number of aromatic nitrogens is 4. The Hall–Kier alpha value is -4.12. The first kappa shape index (κ1) is 32.1. The van der Waals surface area contributed by atoms with E-state index in [-0.39, 0.29) is 0 Å². The van der Waals surface area contributed by atoms with E-state index in [4.69, 9.17) is 10.1 Å². The van der Waals surface area contributed by atoms with Crippen molar-refractivity contribution < 1.29 is 0 Å². The average Bonchev–Trinajstić information content (AvgIpc) is 3.57. The zero-order valence-electron chi connectivity index (χ0n) is 25.5. The Kier molecular flexibility index (Phi) is 13.4. The molecule has 0 fully saturated rings. The Morgan fingerprint density at radius 3 is 2.38 bits per heavy atom. The van der Waals surface area contributed by atoms with E-state index in [9.17, 15) is 0 Å². The van der Waals surface area contributed by atoms with E-state index in [0.717, 1.165) is 54.1 Å². The molecule has 2 heterocycles. The molecule has 3 N–H and O–H groups in total. The normalized spacial score (nSPS) is 11.0. The predicted molar refractivity (Wildman–Crippen MR) is 174 cm³/mol. The third-order valence-electron chi connectivity index (χ3n) is 6.58. The number of imidazole rings is 1. The van der Waals surface area contributed by atoms with Crippen molar-refractivity contribution in [3.05, 3.63) is 119 Å². The molecule has 0 unspecified atom stereocenters. The smallest absolute Gasteiger partial charge is 0.159 e. The molecule has 40 heavy (non-hydrogen) atoms. The second-order valence-corrected chi connectivity index (χ2v) is 9.07. The monoisotopic (exact) mass is 537 g/mol. The first-order valence-corrected chi connectivity index (χ1v) is 14.4. The van der Waals surface area contributed by atoms with Crippen LogP contribution in [0.25, 0.3) is 22.6 Å². The molecule has 0 amide bonds. The van der Waals surface area contributed by atoms with Crippen LogP contribution in [0.4, 0.5) is 0 Å². The van der Waals surface area contributed by atoms with Gasteiger partial charge in [0.15, 0.2) is 5.82 Å². The van der Waals surface area contributed by atoms with Crippen LogP contribution in [0.1, 0.15) is 68.1 Å². The number of aryl methyl sites for hydroxylation is 2. The lowest BCUT2D eigenvalue weighted by atomic mass is 9.95. The first-order chi connectivity index (χ1) is 19.5. The zero-order valence-corrected chi connectivity index (χ0v) is 25.5. The second kappa shape index (κ2) is 16.8. The maximum absolute atomic E-state index is 4.89. The van der Waals surface area contributed by atoms with Gasteiger partial charge in [0.1, 0.15) is 5.69 Å². The number of H-pyrrole nitrogens is 2. The molecule has 2 aromatic carbocycles. The summed E-state index contributed by atoms with van der Waals surface area (Å²) in [5.74, 6) is 0.794. The summed E-state index contributed by atoms with van der Waals surface area (Å²) in [6.07, 6.45) is 12.3. The molecule has 0 aliphatic rings. The van der Waals surface area contributed by atoms with E-state index >= 15 is 0 Å². The van der Waals surface area contributed by atoms with Gasteiger partial charge in [0.05, 0.1) is 11.0 Å². The number of hydrogen-bond donors (Lipinski definition) is 3. The van der Waals surface area contributed by atoms with Crippen molar-refractivity contribution in [1.29, 1.82) is 0 Å². The fourth-order valence-corrected chi connectivity index (χ4v) is 4.43. The molecule has 212 valence electrons. The SMILES string of the molecule is C=CNCCc1c(-c2nc3cc(C)c(C)cc3[nH]2)n[nH]c1Cc1ccccc1C/C(C=C)=C/C=C\C.CC.CC. The summed E-state index contributed by atoms with van der Waals surface area (Å²) in [5.41, 5.74) is 11.4. The minimum absolute atomic E-state index is 0.763. The number of fused-ring (bicyclic) bond motifs is 1. The molecular weight excluding hydrogens is 490 g/mol. The van der Waals surface area contributed by atoms with Gasteiger partial charge >= 0.3 is 0 Å². The molecule has 5 nitrogen and oxygen atoms in total. The van der Waals surface area contributed by atoms with Gasteiger partial charge in [-0.05, 0) is 79.8 Å². The zero-order chi connectivity index (χ0) is 29.5. The van der Waals surface area contributed by atoms with Crippen LogP contribution in [0, 0.1) is 13.8 Å². The van der Waals surface area contributed by atoms with Gasteiger partial charge in [-0.25, -0.2) is 4.98 Å². The lowest BCUT2D eigenvalue weighted by molar-refractivity contribution is 0.825. The summed E-state index contributed by atoms with van der Waals surface area (Å²) in [6, 6.07) is 12.9. The van der Waals surface area contributed by atoms with Gasteiger partial charge in [0.2, 0.25) is 0 Å². The van der Waals surface area contributed by atoms with E-state index < -0.39 is 0 Å². The Balaban J connectivity index is 0.00000134. The summed E-state index contributed by atoms with van der Waals surface area (Å²) in [7, 11) is 0. The van der Waals surface area contributed by atoms with Gasteiger partial charge in [0, 0.05) is 24.2 Å². The molecular formula is C35H47N5. The fourth-order valence-electron chi connectivity index (χ4n) is 4.43. The minimum atomic E-state index is 0.763. The highest BCUT2D eigenvalue weighted by atomic mass is 15.1. The number of aromatic amines is 2. The Labute approximate surface area is 241 Å². The molecule has 5 heteroatoms. The average molecular weight is 538 g/mol. The minimum Gasteiger partial charge on any atom is -0.391 e. The van der Waals surface area contributed by atoms with Crippen molar-refractivity contribution >= 4 is 11.0 Å². The lowest BCUT2D eigenvalue weighted by Crippen LogP contribution is -2.11. The molecule has 0 saturated carbocycles. The van der Waals surface area contributed by atoms with Crippen LogP contribution in [0.2, 0.25) is 0 Å². The van der Waals surface area contributed by atoms with Gasteiger partial charge in [-0.15, -0.1) is 0 Å². The molecule has 0 bridgehead atoms. The molecule has 0 saturated heterocycles. The van der Waals surface area contributed by atoms with E-state index in [2.05, 4.69) is 91.0 Å². The van der Waals surface area contributed by atoms with Gasteiger partial charge in [0.25, 0.3) is 0 Å². The van der Waals surface area contributed by atoms with Gasteiger partial charge in [-0.1, -0.05) is 89.4 Å². The number of benzene rings is 2. The van der Waals surface area contributed by atoms with Crippen molar-refractivity contribution in [3.8, 4) is 11.5 Å². The van der Waals surface area contributed by atoms with Crippen LogP contribution in [0.15, 0.2) is 85.6 Å². The van der Waals surface area contributed by atoms with E-state index in [1.807, 2.05) is 46.8 Å². The molecule has 0 atom stereocenters. The first-order valence-electron chi connectivity index (χ1n) is 14.4. The molecule has 4 rings (SSSR count). The van der Waals surface area contributed by atoms with Crippen molar-refractivity contribution in [2.75, 3.05) is 6.54 Å². The lowest BCUT2D eigenvalue weighted by Gasteiger charge is -2.11. The van der Waals surface area contributed by atoms with Gasteiger partial charge in [-0.2, -0.15) is 5.10 Å². The summed E-state index contributed by atoms with van der Waals surface area (Å²) < 4.78 is 0. The van der Waals surface area contributed by atoms with Crippen LogP contribution in [0.3, 0.4) is 0 Å².